The molecule has 6 nitrogen and oxygen atoms in total. The normalized spacial score (nSPS) is 13.9. The van der Waals surface area contributed by atoms with Crippen LogP contribution >= 0.6 is 0 Å². The highest BCUT2D eigenvalue weighted by atomic mass is 19.1. The van der Waals surface area contributed by atoms with E-state index in [1.807, 2.05) is 25.1 Å². The summed E-state index contributed by atoms with van der Waals surface area (Å²) in [5.74, 6) is -0.547. The topological polar surface area (TPSA) is 65.7 Å². The number of aryl methyl sites for hydroxylation is 2. The Morgan fingerprint density at radius 1 is 1.27 bits per heavy atom. The first-order chi connectivity index (χ1) is 14.1. The number of carbonyl (C=O) groups excluding carboxylic acids is 1. The summed E-state index contributed by atoms with van der Waals surface area (Å²) in [5, 5.41) is 4.39. The second kappa shape index (κ2) is 9.69. The monoisotopic (exact) mass is 415 g/mol. The van der Waals surface area contributed by atoms with E-state index in [4.69, 9.17) is 9.47 Å². The van der Waals surface area contributed by atoms with Crippen molar-refractivity contribution in [3.63, 3.8) is 0 Å². The Morgan fingerprint density at radius 3 is 2.37 bits per heavy atom. The number of aromatic nitrogens is 2. The van der Waals surface area contributed by atoms with Gasteiger partial charge in [-0.15, -0.1) is 0 Å². The number of esters is 1. The molecule has 7 heteroatoms. The van der Waals surface area contributed by atoms with Crippen LogP contribution in [0.15, 0.2) is 35.3 Å². The molecular weight excluding hydrogens is 385 g/mol. The van der Waals surface area contributed by atoms with Gasteiger partial charge in [0.2, 0.25) is 6.29 Å². The van der Waals surface area contributed by atoms with E-state index in [9.17, 15) is 9.18 Å². The summed E-state index contributed by atoms with van der Waals surface area (Å²) in [5.41, 5.74) is 4.29. The number of hydrogen-bond acceptors (Lipinski definition) is 5. The number of benzene rings is 1. The van der Waals surface area contributed by atoms with Crippen molar-refractivity contribution in [2.75, 3.05) is 13.7 Å². The largest absolute Gasteiger partial charge is 0.452 e. The highest BCUT2D eigenvalue weighted by Crippen LogP contribution is 2.30. The first-order valence-corrected chi connectivity index (χ1v) is 9.77. The Kier molecular flexibility index (Phi) is 7.54. The van der Waals surface area contributed by atoms with E-state index in [1.54, 1.807) is 31.9 Å². The molecule has 2 aromatic rings. The highest BCUT2D eigenvalue weighted by Gasteiger charge is 2.21. The molecule has 0 amide bonds. The van der Waals surface area contributed by atoms with Crippen molar-refractivity contribution in [3.05, 3.63) is 52.8 Å². The minimum atomic E-state index is -1.21. The lowest BCUT2D eigenvalue weighted by Crippen LogP contribution is -2.20. The summed E-state index contributed by atoms with van der Waals surface area (Å²) < 4.78 is 25.2. The number of aliphatic imine (C=N–C) groups is 1. The summed E-state index contributed by atoms with van der Waals surface area (Å²) in [6.07, 6.45) is 0.695. The predicted molar refractivity (Wildman–Crippen MR) is 117 cm³/mol. The van der Waals surface area contributed by atoms with Crippen LogP contribution in [0.25, 0.3) is 11.3 Å². The molecule has 0 aliphatic heterocycles. The van der Waals surface area contributed by atoms with Crippen molar-refractivity contribution < 1.29 is 18.7 Å². The van der Waals surface area contributed by atoms with E-state index in [0.29, 0.717) is 17.0 Å². The van der Waals surface area contributed by atoms with E-state index < -0.39 is 18.9 Å². The zero-order chi connectivity index (χ0) is 22.5. The Balaban J connectivity index is 2.61. The highest BCUT2D eigenvalue weighted by molar-refractivity contribution is 6.18. The number of halogens is 1. The number of rotatable bonds is 7. The lowest BCUT2D eigenvalue weighted by Gasteiger charge is -2.21. The van der Waals surface area contributed by atoms with E-state index in [2.05, 4.69) is 43.0 Å². The summed E-state index contributed by atoms with van der Waals surface area (Å²) in [6, 6.07) is 10.0. The molecule has 0 N–H and O–H groups in total. The van der Waals surface area contributed by atoms with Gasteiger partial charge in [0.15, 0.2) is 12.4 Å². The quantitative estimate of drug-likeness (QED) is 0.290. The van der Waals surface area contributed by atoms with Gasteiger partial charge in [-0.2, -0.15) is 5.10 Å². The predicted octanol–water partition coefficient (Wildman–Crippen LogP) is 4.47. The molecule has 1 aromatic carbocycles. The maximum Gasteiger partial charge on any atom is 0.340 e. The van der Waals surface area contributed by atoms with Crippen molar-refractivity contribution in [1.29, 1.82) is 0 Å². The Morgan fingerprint density at radius 2 is 1.90 bits per heavy atom. The van der Waals surface area contributed by atoms with Crippen molar-refractivity contribution in [2.24, 2.45) is 12.0 Å². The molecule has 1 unspecified atom stereocenters. The third-order valence-electron chi connectivity index (χ3n) is 4.49. The molecule has 0 saturated heterocycles. The Hall–Kier alpha value is -2.96. The SMILES string of the molecule is CN=C/C(=C(/OC(C)OC(=O)CF)c1cc(C)nn1C)c1ccc(C(C)(C)C)cc1. The van der Waals surface area contributed by atoms with E-state index in [-0.39, 0.29) is 5.41 Å². The molecule has 1 atom stereocenters. The smallest absolute Gasteiger partial charge is 0.340 e. The molecule has 162 valence electrons. The number of hydrogen-bond donors (Lipinski definition) is 0. The molecule has 30 heavy (non-hydrogen) atoms. The molecule has 0 saturated carbocycles. The molecule has 0 bridgehead atoms. The zero-order valence-corrected chi connectivity index (χ0v) is 18.7. The standard InChI is InChI=1S/C23H30FN3O3/c1-15-12-20(27(7)26-15)22(30-16(2)29-21(28)13-24)19(14-25-6)17-8-10-18(11-9-17)23(3,4)5/h8-12,14,16H,13H2,1-7H3/b22-19-,25-14?. The maximum atomic E-state index is 12.6. The second-order valence-electron chi connectivity index (χ2n) is 8.06. The third kappa shape index (κ3) is 5.78. The maximum absolute atomic E-state index is 12.6. The van der Waals surface area contributed by atoms with Crippen LogP contribution in [0.5, 0.6) is 0 Å². The first kappa shape index (κ1) is 23.3. The van der Waals surface area contributed by atoms with Gasteiger partial charge in [0.1, 0.15) is 5.69 Å². The minimum absolute atomic E-state index is 0.0226. The average Bonchev–Trinajstić information content (AvgIpc) is 3.01. The van der Waals surface area contributed by atoms with Crippen molar-refractivity contribution in [2.45, 2.75) is 46.3 Å². The van der Waals surface area contributed by atoms with Gasteiger partial charge in [-0.25, -0.2) is 9.18 Å². The van der Waals surface area contributed by atoms with E-state index in [0.717, 1.165) is 11.3 Å². The number of ether oxygens (including phenoxy) is 2. The first-order valence-electron chi connectivity index (χ1n) is 9.77. The van der Waals surface area contributed by atoms with Crippen LogP contribution in [-0.4, -0.2) is 42.0 Å². The van der Waals surface area contributed by atoms with Gasteiger partial charge in [-0.05, 0) is 29.5 Å². The third-order valence-corrected chi connectivity index (χ3v) is 4.49. The van der Waals surface area contributed by atoms with E-state index >= 15 is 0 Å². The summed E-state index contributed by atoms with van der Waals surface area (Å²) in [6.45, 7) is 8.66. The van der Waals surface area contributed by atoms with Gasteiger partial charge in [-0.1, -0.05) is 45.0 Å². The number of nitrogens with zero attached hydrogens (tertiary/aromatic N) is 3. The zero-order valence-electron chi connectivity index (χ0n) is 18.7. The van der Waals surface area contributed by atoms with Crippen molar-refractivity contribution in [3.8, 4) is 0 Å². The molecule has 0 spiro atoms. The van der Waals surface area contributed by atoms with Crippen LogP contribution in [0.4, 0.5) is 4.39 Å². The molecule has 0 fully saturated rings. The fourth-order valence-corrected chi connectivity index (χ4v) is 3.03. The molecule has 1 heterocycles. The van der Waals surface area contributed by atoms with Gasteiger partial charge in [-0.3, -0.25) is 9.67 Å². The molecule has 2 rings (SSSR count). The number of alkyl halides is 1. The molecular formula is C23H30FN3O3. The number of carbonyl (C=O) groups is 1. The Bertz CT molecular complexity index is 938. The Labute approximate surface area is 177 Å². The van der Waals surface area contributed by atoms with Crippen LogP contribution in [-0.2, 0) is 26.7 Å². The summed E-state index contributed by atoms with van der Waals surface area (Å²) in [4.78, 5) is 15.6. The number of allylic oxidation sites excluding steroid dienone is 1. The van der Waals surface area contributed by atoms with Gasteiger partial charge in [0, 0.05) is 32.8 Å². The lowest BCUT2D eigenvalue weighted by atomic mass is 9.86. The lowest BCUT2D eigenvalue weighted by molar-refractivity contribution is -0.165. The second-order valence-corrected chi connectivity index (χ2v) is 8.06. The molecule has 0 aliphatic rings. The van der Waals surface area contributed by atoms with E-state index in [1.165, 1.54) is 5.56 Å². The fourth-order valence-electron chi connectivity index (χ4n) is 3.03. The van der Waals surface area contributed by atoms with Crippen LogP contribution in [0.2, 0.25) is 0 Å². The van der Waals surface area contributed by atoms with Gasteiger partial charge >= 0.3 is 5.97 Å². The van der Waals surface area contributed by atoms with Gasteiger partial charge < -0.3 is 9.47 Å². The van der Waals surface area contributed by atoms with Crippen LogP contribution in [0.3, 0.4) is 0 Å². The summed E-state index contributed by atoms with van der Waals surface area (Å²) in [7, 11) is 3.47. The minimum Gasteiger partial charge on any atom is -0.452 e. The van der Waals surface area contributed by atoms with Crippen LogP contribution < -0.4 is 0 Å². The summed E-state index contributed by atoms with van der Waals surface area (Å²) >= 11 is 0. The molecule has 1 aromatic heterocycles. The van der Waals surface area contributed by atoms with Gasteiger partial charge in [0.05, 0.1) is 5.69 Å². The van der Waals surface area contributed by atoms with Gasteiger partial charge in [0.25, 0.3) is 0 Å². The average molecular weight is 416 g/mol. The fraction of sp³-hybridized carbons (Fsp3) is 0.435. The molecule has 0 aliphatic carbocycles. The van der Waals surface area contributed by atoms with Crippen LogP contribution in [0, 0.1) is 6.92 Å². The van der Waals surface area contributed by atoms with Crippen molar-refractivity contribution in [1.82, 2.24) is 9.78 Å². The molecule has 0 radical (unpaired) electrons. The van der Waals surface area contributed by atoms with Crippen molar-refractivity contribution >= 4 is 23.5 Å². The van der Waals surface area contributed by atoms with Crippen LogP contribution in [0.1, 0.15) is 50.2 Å².